The molecule has 1 heteroatoms. The topological polar surface area (TPSA) is 17.1 Å². The molecule has 0 heterocycles. The SMILES string of the molecule is CC1C2=C(C(=O)CC2)C1C. The van der Waals surface area contributed by atoms with Crippen LogP contribution in [0.3, 0.4) is 0 Å². The van der Waals surface area contributed by atoms with Crippen LogP contribution in [0.2, 0.25) is 0 Å². The molecule has 0 aromatic rings. The molecule has 0 aromatic heterocycles. The van der Waals surface area contributed by atoms with Gasteiger partial charge in [-0.15, -0.1) is 0 Å². The van der Waals surface area contributed by atoms with Crippen LogP contribution in [-0.2, 0) is 4.79 Å². The normalized spacial score (nSPS) is 38.0. The molecule has 0 fully saturated rings. The lowest BCUT2D eigenvalue weighted by atomic mass is 9.71. The first-order valence-electron chi connectivity index (χ1n) is 3.98. The van der Waals surface area contributed by atoms with Crippen molar-refractivity contribution >= 4 is 5.78 Å². The fourth-order valence-corrected chi connectivity index (χ4v) is 2.17. The van der Waals surface area contributed by atoms with Gasteiger partial charge in [-0.2, -0.15) is 0 Å². The lowest BCUT2D eigenvalue weighted by Gasteiger charge is -2.32. The Bertz CT molecular complexity index is 225. The van der Waals surface area contributed by atoms with Crippen LogP contribution in [0.1, 0.15) is 26.7 Å². The van der Waals surface area contributed by atoms with Crippen LogP contribution in [-0.4, -0.2) is 5.78 Å². The van der Waals surface area contributed by atoms with Gasteiger partial charge in [-0.25, -0.2) is 0 Å². The van der Waals surface area contributed by atoms with Crippen LogP contribution in [0.15, 0.2) is 11.1 Å². The molecule has 0 aromatic carbocycles. The van der Waals surface area contributed by atoms with E-state index in [0.29, 0.717) is 17.6 Å². The molecule has 2 rings (SSSR count). The van der Waals surface area contributed by atoms with Crippen molar-refractivity contribution < 1.29 is 4.79 Å². The second kappa shape index (κ2) is 1.71. The average Bonchev–Trinajstić information content (AvgIpc) is 2.27. The third-order valence-electron chi connectivity index (χ3n) is 3.02. The fraction of sp³-hybridized carbons (Fsp3) is 0.667. The predicted octanol–water partition coefficient (Wildman–Crippen LogP) is 1.93. The molecule has 2 atom stereocenters. The van der Waals surface area contributed by atoms with Crippen LogP contribution >= 0.6 is 0 Å². The number of Topliss-reactive ketones (excluding diaryl/α,β-unsaturated/α-hetero) is 1. The number of allylic oxidation sites excluding steroid dienone is 2. The van der Waals surface area contributed by atoms with Gasteiger partial charge in [0.25, 0.3) is 0 Å². The Kier molecular flexibility index (Phi) is 1.05. The molecule has 54 valence electrons. The quantitative estimate of drug-likeness (QED) is 0.497. The summed E-state index contributed by atoms with van der Waals surface area (Å²) in [5.41, 5.74) is 2.63. The van der Waals surface area contributed by atoms with Crippen LogP contribution in [0, 0.1) is 11.8 Å². The first-order valence-corrected chi connectivity index (χ1v) is 3.98. The summed E-state index contributed by atoms with van der Waals surface area (Å²) in [6, 6.07) is 0. The molecular formula is C9H12O. The molecular weight excluding hydrogens is 124 g/mol. The van der Waals surface area contributed by atoms with Gasteiger partial charge in [0.05, 0.1) is 0 Å². The molecule has 0 saturated heterocycles. The highest BCUT2D eigenvalue weighted by atomic mass is 16.1. The molecule has 0 radical (unpaired) electrons. The van der Waals surface area contributed by atoms with E-state index < -0.39 is 0 Å². The van der Waals surface area contributed by atoms with E-state index in [4.69, 9.17) is 0 Å². The van der Waals surface area contributed by atoms with Gasteiger partial charge >= 0.3 is 0 Å². The van der Waals surface area contributed by atoms with Gasteiger partial charge in [-0.3, -0.25) is 4.79 Å². The summed E-state index contributed by atoms with van der Waals surface area (Å²) >= 11 is 0. The minimum absolute atomic E-state index is 0.417. The van der Waals surface area contributed by atoms with Gasteiger partial charge in [-0.1, -0.05) is 19.4 Å². The minimum Gasteiger partial charge on any atom is -0.295 e. The van der Waals surface area contributed by atoms with E-state index in [2.05, 4.69) is 13.8 Å². The number of hydrogen-bond acceptors (Lipinski definition) is 1. The lowest BCUT2D eigenvalue weighted by molar-refractivity contribution is -0.115. The van der Waals surface area contributed by atoms with Gasteiger partial charge in [0, 0.05) is 6.42 Å². The second-order valence-corrected chi connectivity index (χ2v) is 3.44. The zero-order chi connectivity index (χ0) is 7.30. The highest BCUT2D eigenvalue weighted by Gasteiger charge is 2.40. The summed E-state index contributed by atoms with van der Waals surface area (Å²) < 4.78 is 0. The molecule has 0 amide bonds. The summed E-state index contributed by atoms with van der Waals surface area (Å²) in [5.74, 6) is 1.67. The second-order valence-electron chi connectivity index (χ2n) is 3.44. The highest BCUT2D eigenvalue weighted by Crippen LogP contribution is 2.47. The zero-order valence-electron chi connectivity index (χ0n) is 6.48. The highest BCUT2D eigenvalue weighted by molar-refractivity contribution is 6.01. The number of ketones is 1. The van der Waals surface area contributed by atoms with Crippen molar-refractivity contribution in [2.75, 3.05) is 0 Å². The Morgan fingerprint density at radius 2 is 1.90 bits per heavy atom. The summed E-state index contributed by atoms with van der Waals surface area (Å²) in [7, 11) is 0. The van der Waals surface area contributed by atoms with Gasteiger partial charge in [0.2, 0.25) is 0 Å². The number of hydrogen-bond donors (Lipinski definition) is 0. The van der Waals surface area contributed by atoms with E-state index in [1.54, 1.807) is 0 Å². The molecule has 2 unspecified atom stereocenters. The van der Waals surface area contributed by atoms with Crippen molar-refractivity contribution in [1.82, 2.24) is 0 Å². The maximum Gasteiger partial charge on any atom is 0.159 e. The summed E-state index contributed by atoms with van der Waals surface area (Å²) in [5, 5.41) is 0. The molecule has 1 nitrogen and oxygen atoms in total. The molecule has 0 saturated carbocycles. The Balaban J connectivity index is 2.36. The van der Waals surface area contributed by atoms with Crippen LogP contribution in [0.25, 0.3) is 0 Å². The van der Waals surface area contributed by atoms with Crippen LogP contribution in [0.4, 0.5) is 0 Å². The first-order chi connectivity index (χ1) is 4.72. The molecule has 0 spiro atoms. The number of rotatable bonds is 0. The molecule has 2 aliphatic rings. The van der Waals surface area contributed by atoms with Crippen molar-refractivity contribution in [2.24, 2.45) is 11.8 Å². The third-order valence-corrected chi connectivity index (χ3v) is 3.02. The predicted molar refractivity (Wildman–Crippen MR) is 39.6 cm³/mol. The Morgan fingerprint density at radius 3 is 2.50 bits per heavy atom. The lowest BCUT2D eigenvalue weighted by Crippen LogP contribution is -2.26. The largest absolute Gasteiger partial charge is 0.295 e. The van der Waals surface area contributed by atoms with E-state index in [-0.39, 0.29) is 0 Å². The molecule has 0 bridgehead atoms. The smallest absolute Gasteiger partial charge is 0.159 e. The molecule has 0 aliphatic heterocycles. The Labute approximate surface area is 61.1 Å². The Hall–Kier alpha value is -0.590. The number of carbonyl (C=O) groups is 1. The van der Waals surface area contributed by atoms with E-state index in [1.807, 2.05) is 0 Å². The molecule has 0 N–H and O–H groups in total. The fourth-order valence-electron chi connectivity index (χ4n) is 2.17. The number of carbonyl (C=O) groups excluding carboxylic acids is 1. The van der Waals surface area contributed by atoms with Crippen LogP contribution < -0.4 is 0 Å². The van der Waals surface area contributed by atoms with Gasteiger partial charge in [-0.05, 0) is 23.8 Å². The van der Waals surface area contributed by atoms with E-state index in [1.165, 1.54) is 11.1 Å². The Morgan fingerprint density at radius 1 is 1.20 bits per heavy atom. The maximum atomic E-state index is 11.1. The zero-order valence-corrected chi connectivity index (χ0v) is 6.48. The molecule has 10 heavy (non-hydrogen) atoms. The van der Waals surface area contributed by atoms with Gasteiger partial charge in [0.15, 0.2) is 5.78 Å². The third kappa shape index (κ3) is 0.511. The summed E-state index contributed by atoms with van der Waals surface area (Å²) in [6.07, 6.45) is 1.85. The van der Waals surface area contributed by atoms with Gasteiger partial charge in [0.1, 0.15) is 0 Å². The summed E-state index contributed by atoms with van der Waals surface area (Å²) in [4.78, 5) is 11.1. The van der Waals surface area contributed by atoms with Crippen molar-refractivity contribution in [3.63, 3.8) is 0 Å². The van der Waals surface area contributed by atoms with Crippen molar-refractivity contribution in [3.8, 4) is 0 Å². The van der Waals surface area contributed by atoms with E-state index >= 15 is 0 Å². The average molecular weight is 136 g/mol. The van der Waals surface area contributed by atoms with E-state index in [0.717, 1.165) is 12.8 Å². The van der Waals surface area contributed by atoms with Crippen LogP contribution in [0.5, 0.6) is 0 Å². The summed E-state index contributed by atoms with van der Waals surface area (Å²) in [6.45, 7) is 4.38. The van der Waals surface area contributed by atoms with E-state index in [9.17, 15) is 4.79 Å². The monoisotopic (exact) mass is 136 g/mol. The van der Waals surface area contributed by atoms with Crippen molar-refractivity contribution in [3.05, 3.63) is 11.1 Å². The van der Waals surface area contributed by atoms with Gasteiger partial charge < -0.3 is 0 Å². The maximum absolute atomic E-state index is 11.1. The first kappa shape index (κ1) is 6.14. The molecule has 2 aliphatic carbocycles. The van der Waals surface area contributed by atoms with Crippen molar-refractivity contribution in [2.45, 2.75) is 26.7 Å². The minimum atomic E-state index is 0.417. The van der Waals surface area contributed by atoms with Crippen molar-refractivity contribution in [1.29, 1.82) is 0 Å². The standard InChI is InChI=1S/C9H12O/c1-5-6(2)9-7(5)3-4-8(9)10/h5-6H,3-4H2,1-2H3.